The van der Waals surface area contributed by atoms with Crippen molar-refractivity contribution in [3.05, 3.63) is 46.1 Å². The van der Waals surface area contributed by atoms with Gasteiger partial charge in [-0.1, -0.05) is 17.7 Å². The number of hydrogen-bond donors (Lipinski definition) is 2. The molecule has 0 radical (unpaired) electrons. The Morgan fingerprint density at radius 1 is 1.17 bits per heavy atom. The number of amides is 3. The molecule has 0 spiro atoms. The molecule has 4 rings (SSSR count). The minimum absolute atomic E-state index is 0.0188. The zero-order valence-corrected chi connectivity index (χ0v) is 21.3. The first-order chi connectivity index (χ1) is 16.9. The highest BCUT2D eigenvalue weighted by Gasteiger charge is 2.29. The first-order valence-electron chi connectivity index (χ1n) is 11.6. The van der Waals surface area contributed by atoms with Crippen molar-refractivity contribution in [3.8, 4) is 5.88 Å². The second-order valence-corrected chi connectivity index (χ2v) is 9.78. The van der Waals surface area contributed by atoms with Crippen molar-refractivity contribution < 1.29 is 19.1 Å². The van der Waals surface area contributed by atoms with Gasteiger partial charge in [0.25, 0.3) is 5.91 Å². The van der Waals surface area contributed by atoms with E-state index < -0.39 is 0 Å². The van der Waals surface area contributed by atoms with E-state index in [1.807, 2.05) is 43.0 Å². The molecule has 1 aliphatic heterocycles. The average molecular weight is 498 g/mol. The summed E-state index contributed by atoms with van der Waals surface area (Å²) in [6, 6.07) is 7.42. The third-order valence-corrected chi connectivity index (χ3v) is 7.30. The Morgan fingerprint density at radius 2 is 1.94 bits per heavy atom. The minimum atomic E-state index is -0.241. The van der Waals surface area contributed by atoms with E-state index in [0.717, 1.165) is 35.0 Å². The highest BCUT2D eigenvalue weighted by molar-refractivity contribution is 7.20. The van der Waals surface area contributed by atoms with Gasteiger partial charge in [-0.3, -0.25) is 4.79 Å². The Morgan fingerprint density at radius 3 is 2.66 bits per heavy atom. The second-order valence-electron chi connectivity index (χ2n) is 8.78. The maximum Gasteiger partial charge on any atom is 0.319 e. The van der Waals surface area contributed by atoms with Gasteiger partial charge in [-0.15, -0.1) is 11.3 Å². The fraction of sp³-hybridized carbons (Fsp3) is 0.440. The number of rotatable bonds is 7. The van der Waals surface area contributed by atoms with Crippen LogP contribution in [0.25, 0.3) is 10.2 Å². The number of carbonyl (C=O) groups is 2. The van der Waals surface area contributed by atoms with E-state index in [0.29, 0.717) is 41.0 Å². The van der Waals surface area contributed by atoms with Crippen LogP contribution in [0.1, 0.15) is 39.5 Å². The number of fused-ring (bicyclic) bond motifs is 1. The van der Waals surface area contributed by atoms with Crippen molar-refractivity contribution in [2.75, 3.05) is 39.2 Å². The molecule has 1 fully saturated rings. The monoisotopic (exact) mass is 497 g/mol. The molecule has 1 saturated heterocycles. The molecule has 1 aliphatic rings. The molecule has 10 heteroatoms. The largest absolute Gasteiger partial charge is 0.480 e. The lowest BCUT2D eigenvalue weighted by molar-refractivity contribution is 0.0679. The van der Waals surface area contributed by atoms with Crippen molar-refractivity contribution in [2.45, 2.75) is 33.3 Å². The van der Waals surface area contributed by atoms with Crippen LogP contribution in [0.3, 0.4) is 0 Å². The fourth-order valence-corrected chi connectivity index (χ4v) is 5.46. The molecule has 2 N–H and O–H groups in total. The summed E-state index contributed by atoms with van der Waals surface area (Å²) in [6.45, 7) is 5.97. The van der Waals surface area contributed by atoms with Gasteiger partial charge in [0.2, 0.25) is 5.88 Å². The Labute approximate surface area is 208 Å². The van der Waals surface area contributed by atoms with Crippen molar-refractivity contribution in [1.82, 2.24) is 20.2 Å². The number of piperidine rings is 1. The first kappa shape index (κ1) is 24.9. The van der Waals surface area contributed by atoms with E-state index in [2.05, 4.69) is 20.6 Å². The molecule has 1 atom stereocenters. The lowest BCUT2D eigenvalue weighted by atomic mass is 9.97. The van der Waals surface area contributed by atoms with E-state index >= 15 is 0 Å². The standard InChI is InChI=1S/C25H31N5O4S/c1-15-7-9-18(10-8-15)27-25(32)26-12-17-6-5-11-30(13-17)24(31)21-16(2)20-22(34-4)28-19(14-33-3)29-23(20)35-21/h7-10,17H,5-6,11-14H2,1-4H3,(H2,26,27,32). The number of carbonyl (C=O) groups excluding carboxylic acids is 2. The van der Waals surface area contributed by atoms with Crippen LogP contribution in [0.4, 0.5) is 10.5 Å². The number of aryl methyl sites for hydroxylation is 2. The van der Waals surface area contributed by atoms with Gasteiger partial charge in [0, 0.05) is 32.4 Å². The van der Waals surface area contributed by atoms with Crippen LogP contribution in [0.15, 0.2) is 24.3 Å². The lowest BCUT2D eigenvalue weighted by Gasteiger charge is -2.32. The van der Waals surface area contributed by atoms with Crippen LogP contribution in [0.2, 0.25) is 0 Å². The van der Waals surface area contributed by atoms with E-state index in [9.17, 15) is 9.59 Å². The van der Waals surface area contributed by atoms with Crippen molar-refractivity contribution in [1.29, 1.82) is 0 Å². The van der Waals surface area contributed by atoms with Crippen LogP contribution >= 0.6 is 11.3 Å². The van der Waals surface area contributed by atoms with Gasteiger partial charge in [-0.25, -0.2) is 9.78 Å². The second kappa shape index (κ2) is 11.0. The zero-order valence-electron chi connectivity index (χ0n) is 20.5. The van der Waals surface area contributed by atoms with Gasteiger partial charge in [0.1, 0.15) is 11.4 Å². The average Bonchev–Trinajstić information content (AvgIpc) is 3.20. The van der Waals surface area contributed by atoms with Gasteiger partial charge in [0.05, 0.1) is 17.4 Å². The minimum Gasteiger partial charge on any atom is -0.480 e. The normalized spacial score (nSPS) is 15.8. The number of ether oxygens (including phenoxy) is 2. The molecular weight excluding hydrogens is 466 g/mol. The van der Waals surface area contributed by atoms with Crippen LogP contribution in [-0.4, -0.2) is 60.7 Å². The van der Waals surface area contributed by atoms with Gasteiger partial charge >= 0.3 is 6.03 Å². The Bertz CT molecular complexity index is 1210. The molecule has 3 aromatic rings. The highest BCUT2D eigenvalue weighted by Crippen LogP contribution is 2.36. The number of anilines is 1. The van der Waals surface area contributed by atoms with E-state index in [-0.39, 0.29) is 24.5 Å². The highest BCUT2D eigenvalue weighted by atomic mass is 32.1. The Balaban J connectivity index is 1.42. The van der Waals surface area contributed by atoms with Gasteiger partial charge < -0.3 is 25.0 Å². The van der Waals surface area contributed by atoms with E-state index in [1.54, 1.807) is 14.2 Å². The molecule has 186 valence electrons. The summed E-state index contributed by atoms with van der Waals surface area (Å²) in [7, 11) is 3.15. The van der Waals surface area contributed by atoms with Gasteiger partial charge in [-0.2, -0.15) is 4.98 Å². The molecule has 0 aliphatic carbocycles. The first-order valence-corrected chi connectivity index (χ1v) is 12.4. The summed E-state index contributed by atoms with van der Waals surface area (Å²) in [5.74, 6) is 1.14. The molecule has 35 heavy (non-hydrogen) atoms. The summed E-state index contributed by atoms with van der Waals surface area (Å²) < 4.78 is 10.6. The predicted octanol–water partition coefficient (Wildman–Crippen LogP) is 4.14. The van der Waals surface area contributed by atoms with Gasteiger partial charge in [-0.05, 0) is 50.3 Å². The van der Waals surface area contributed by atoms with Crippen molar-refractivity contribution >= 4 is 39.2 Å². The number of methoxy groups -OCH3 is 2. The maximum atomic E-state index is 13.5. The number of urea groups is 1. The maximum absolute atomic E-state index is 13.5. The lowest BCUT2D eigenvalue weighted by Crippen LogP contribution is -2.44. The molecule has 1 unspecified atom stereocenters. The third-order valence-electron chi connectivity index (χ3n) is 6.13. The molecule has 1 aromatic carbocycles. The summed E-state index contributed by atoms with van der Waals surface area (Å²) in [6.07, 6.45) is 1.85. The topological polar surface area (TPSA) is 106 Å². The zero-order chi connectivity index (χ0) is 24.9. The SMILES string of the molecule is COCc1nc(OC)c2c(C)c(C(=O)N3CCCC(CNC(=O)Nc4ccc(C)cc4)C3)sc2n1. The number of hydrogen-bond acceptors (Lipinski definition) is 7. The van der Waals surface area contributed by atoms with Crippen molar-refractivity contribution in [2.24, 2.45) is 5.92 Å². The number of likely N-dealkylation sites (tertiary alicyclic amines) is 1. The molecular formula is C25H31N5O4S. The molecule has 9 nitrogen and oxygen atoms in total. The van der Waals surface area contributed by atoms with Crippen LogP contribution < -0.4 is 15.4 Å². The van der Waals surface area contributed by atoms with Crippen LogP contribution in [-0.2, 0) is 11.3 Å². The quantitative estimate of drug-likeness (QED) is 0.508. The number of benzene rings is 1. The number of thiophene rings is 1. The van der Waals surface area contributed by atoms with Crippen LogP contribution in [0.5, 0.6) is 5.88 Å². The van der Waals surface area contributed by atoms with Gasteiger partial charge in [0.15, 0.2) is 5.82 Å². The van der Waals surface area contributed by atoms with E-state index in [4.69, 9.17) is 9.47 Å². The molecule has 0 bridgehead atoms. The smallest absolute Gasteiger partial charge is 0.319 e. The number of aromatic nitrogens is 2. The molecule has 3 amide bonds. The summed E-state index contributed by atoms with van der Waals surface area (Å²) in [5.41, 5.74) is 2.72. The third kappa shape index (κ3) is 5.71. The number of nitrogens with zero attached hydrogens (tertiary/aromatic N) is 3. The Hall–Kier alpha value is -3.24. The van der Waals surface area contributed by atoms with Crippen LogP contribution in [0, 0.1) is 19.8 Å². The molecule has 3 heterocycles. The summed E-state index contributed by atoms with van der Waals surface area (Å²) in [4.78, 5) is 38.0. The predicted molar refractivity (Wildman–Crippen MR) is 136 cm³/mol. The summed E-state index contributed by atoms with van der Waals surface area (Å²) >= 11 is 1.36. The molecule has 2 aromatic heterocycles. The molecule has 0 saturated carbocycles. The van der Waals surface area contributed by atoms with Crippen molar-refractivity contribution in [3.63, 3.8) is 0 Å². The fourth-order valence-electron chi connectivity index (χ4n) is 4.30. The Kier molecular flexibility index (Phi) is 7.82. The van der Waals surface area contributed by atoms with E-state index in [1.165, 1.54) is 11.3 Å². The number of nitrogens with one attached hydrogen (secondary N) is 2. The summed E-state index contributed by atoms with van der Waals surface area (Å²) in [5, 5.41) is 6.57.